The number of aromatic amines is 1. The zero-order valence-electron chi connectivity index (χ0n) is 21.9. The molecule has 4 rings (SSSR count). The number of anilines is 2. The Hall–Kier alpha value is -3.93. The lowest BCUT2D eigenvalue weighted by Gasteiger charge is -2.31. The average molecular weight is 526 g/mol. The molecule has 12 heteroatoms. The number of likely N-dealkylation sites (tertiary alicyclic amines) is 1. The smallest absolute Gasteiger partial charge is 0.327 e. The quantitative estimate of drug-likeness (QED) is 0.251. The van der Waals surface area contributed by atoms with Crippen LogP contribution in [0.15, 0.2) is 29.1 Å². The van der Waals surface area contributed by atoms with E-state index in [1.165, 1.54) is 7.11 Å². The molecular weight excluding hydrogens is 490 g/mol. The third kappa shape index (κ3) is 6.88. The number of ether oxygens (including phenoxy) is 2. The molecule has 0 atom stereocenters. The van der Waals surface area contributed by atoms with Gasteiger partial charge in [0, 0.05) is 12.2 Å². The number of aromatic nitrogens is 4. The van der Waals surface area contributed by atoms with Crippen molar-refractivity contribution in [3.63, 3.8) is 0 Å². The molecule has 38 heavy (non-hydrogen) atoms. The zero-order valence-corrected chi connectivity index (χ0v) is 21.9. The molecule has 0 saturated carbocycles. The molecule has 0 aliphatic carbocycles. The van der Waals surface area contributed by atoms with Crippen LogP contribution in [0.1, 0.15) is 38.2 Å². The summed E-state index contributed by atoms with van der Waals surface area (Å²) in [7, 11) is 1.35. The van der Waals surface area contributed by atoms with Crippen molar-refractivity contribution < 1.29 is 19.1 Å². The number of fused-ring (bicyclic) bond motifs is 1. The first-order valence-electron chi connectivity index (χ1n) is 12.9. The number of benzene rings is 1. The molecule has 0 unspecified atom stereocenters. The molecule has 3 heterocycles. The highest BCUT2D eigenvalue weighted by molar-refractivity contribution is 5.92. The summed E-state index contributed by atoms with van der Waals surface area (Å²) in [6.07, 6.45) is 3.68. The van der Waals surface area contributed by atoms with E-state index in [0.717, 1.165) is 44.3 Å². The van der Waals surface area contributed by atoms with Crippen LogP contribution in [0.3, 0.4) is 0 Å². The van der Waals surface area contributed by atoms with E-state index in [1.54, 1.807) is 22.8 Å². The molecular formula is C26H35N7O5. The molecule has 4 N–H and O–H groups in total. The van der Waals surface area contributed by atoms with Gasteiger partial charge in [0.1, 0.15) is 5.52 Å². The summed E-state index contributed by atoms with van der Waals surface area (Å²) < 4.78 is 11.9. The predicted octanol–water partition coefficient (Wildman–Crippen LogP) is 1.95. The summed E-state index contributed by atoms with van der Waals surface area (Å²) in [5.41, 5.74) is 8.06. The van der Waals surface area contributed by atoms with E-state index < -0.39 is 0 Å². The molecule has 1 amide bonds. The van der Waals surface area contributed by atoms with Crippen molar-refractivity contribution >= 4 is 34.5 Å². The number of carbonyl (C=O) groups excluding carboxylic acids is 2. The van der Waals surface area contributed by atoms with Crippen LogP contribution in [0.25, 0.3) is 11.2 Å². The number of unbranched alkanes of at least 4 members (excludes halogenated alkanes) is 1. The number of amides is 1. The zero-order chi connectivity index (χ0) is 27.1. The highest BCUT2D eigenvalue weighted by atomic mass is 16.5. The number of imidazole rings is 1. The maximum atomic E-state index is 12.7. The van der Waals surface area contributed by atoms with Crippen molar-refractivity contribution in [3.05, 3.63) is 40.3 Å². The molecule has 1 saturated heterocycles. The Bertz CT molecular complexity index is 1330. The normalized spacial score (nSPS) is 14.5. The predicted molar refractivity (Wildman–Crippen MR) is 143 cm³/mol. The van der Waals surface area contributed by atoms with Crippen molar-refractivity contribution in [1.82, 2.24) is 24.4 Å². The molecule has 0 radical (unpaired) electrons. The van der Waals surface area contributed by atoms with E-state index >= 15 is 0 Å². The number of carbonyl (C=O) groups is 2. The summed E-state index contributed by atoms with van der Waals surface area (Å²) in [4.78, 5) is 50.3. The molecule has 3 aromatic rings. The Morgan fingerprint density at radius 2 is 2.03 bits per heavy atom. The average Bonchev–Trinajstić information content (AvgIpc) is 3.21. The van der Waals surface area contributed by atoms with Gasteiger partial charge in [0.05, 0.1) is 26.7 Å². The first-order valence-corrected chi connectivity index (χ1v) is 12.9. The summed E-state index contributed by atoms with van der Waals surface area (Å²) >= 11 is 0. The first-order chi connectivity index (χ1) is 18.4. The second-order valence-corrected chi connectivity index (χ2v) is 9.55. The van der Waals surface area contributed by atoms with Gasteiger partial charge in [0.15, 0.2) is 11.5 Å². The summed E-state index contributed by atoms with van der Waals surface area (Å²) in [6.45, 7) is 4.79. The van der Waals surface area contributed by atoms with E-state index in [4.69, 9.17) is 15.2 Å². The Kier molecular flexibility index (Phi) is 8.95. The molecule has 1 aliphatic rings. The van der Waals surface area contributed by atoms with Gasteiger partial charge in [-0.15, -0.1) is 0 Å². The number of methoxy groups -OCH3 is 1. The molecule has 204 valence electrons. The van der Waals surface area contributed by atoms with Crippen LogP contribution < -0.4 is 21.5 Å². The number of rotatable bonds is 11. The van der Waals surface area contributed by atoms with Crippen LogP contribution in [0.4, 0.5) is 11.5 Å². The van der Waals surface area contributed by atoms with Gasteiger partial charge in [-0.3, -0.25) is 19.1 Å². The summed E-state index contributed by atoms with van der Waals surface area (Å²) in [6, 6.07) is 7.35. The fraction of sp³-hybridized carbons (Fsp3) is 0.500. The Labute approximate surface area is 220 Å². The van der Waals surface area contributed by atoms with Crippen LogP contribution in [0.5, 0.6) is 6.01 Å². The topological polar surface area (TPSA) is 157 Å². The highest BCUT2D eigenvalue weighted by Crippen LogP contribution is 2.23. The third-order valence-corrected chi connectivity index (χ3v) is 6.66. The lowest BCUT2D eigenvalue weighted by Crippen LogP contribution is -2.40. The van der Waals surface area contributed by atoms with E-state index in [9.17, 15) is 14.4 Å². The maximum absolute atomic E-state index is 12.7. The van der Waals surface area contributed by atoms with Gasteiger partial charge in [-0.05, 0) is 56.0 Å². The number of nitrogen functional groups attached to an aromatic ring is 1. The Balaban J connectivity index is 1.31. The molecule has 1 aliphatic heterocycles. The number of H-pyrrole nitrogens is 1. The standard InChI is InChI=1S/C26H35N7O5/c1-3-4-12-38-25-30-23(27)22-24(31-25)33(26(36)29-22)15-17-8-10-32(11-9-17)16-20(34)28-19-7-5-6-18(13-19)14-21(35)37-2/h5-7,13,17H,3-4,8-12,14-16H2,1-2H3,(H,28,34)(H,29,36)(H2,27,30,31). The van der Waals surface area contributed by atoms with E-state index in [2.05, 4.69) is 32.1 Å². The van der Waals surface area contributed by atoms with Crippen LogP contribution in [-0.4, -0.2) is 69.6 Å². The van der Waals surface area contributed by atoms with Gasteiger partial charge >= 0.3 is 17.7 Å². The molecule has 1 aromatic carbocycles. The van der Waals surface area contributed by atoms with Crippen LogP contribution in [0, 0.1) is 5.92 Å². The van der Waals surface area contributed by atoms with Gasteiger partial charge < -0.3 is 25.5 Å². The number of nitrogens with two attached hydrogens (primary N) is 1. The Morgan fingerprint density at radius 3 is 2.76 bits per heavy atom. The SMILES string of the molecule is CCCCOc1nc(N)c2[nH]c(=O)n(CC3CCN(CC(=O)Nc4cccc(CC(=O)OC)c4)CC3)c2n1. The van der Waals surface area contributed by atoms with Crippen molar-refractivity contribution in [2.24, 2.45) is 5.92 Å². The van der Waals surface area contributed by atoms with E-state index in [-0.39, 0.29) is 48.3 Å². The largest absolute Gasteiger partial charge is 0.469 e. The summed E-state index contributed by atoms with van der Waals surface area (Å²) in [5, 5.41) is 2.90. The lowest BCUT2D eigenvalue weighted by molar-refractivity contribution is -0.139. The van der Waals surface area contributed by atoms with Crippen molar-refractivity contribution in [1.29, 1.82) is 0 Å². The second kappa shape index (κ2) is 12.5. The number of hydrogen-bond acceptors (Lipinski definition) is 9. The van der Waals surface area contributed by atoms with Gasteiger partial charge in [-0.25, -0.2) is 4.79 Å². The number of esters is 1. The summed E-state index contributed by atoms with van der Waals surface area (Å²) in [5.74, 6) is -0.00659. The number of nitrogens with zero attached hydrogens (tertiary/aromatic N) is 4. The van der Waals surface area contributed by atoms with Gasteiger partial charge in [-0.1, -0.05) is 25.5 Å². The van der Waals surface area contributed by atoms with E-state index in [1.807, 2.05) is 6.07 Å². The number of hydrogen-bond donors (Lipinski definition) is 3. The van der Waals surface area contributed by atoms with Crippen LogP contribution in [-0.2, 0) is 27.3 Å². The Morgan fingerprint density at radius 1 is 1.24 bits per heavy atom. The number of piperidine rings is 1. The number of nitrogens with one attached hydrogen (secondary N) is 2. The van der Waals surface area contributed by atoms with Gasteiger partial charge in [0.2, 0.25) is 5.91 Å². The fourth-order valence-corrected chi connectivity index (χ4v) is 4.56. The molecule has 0 spiro atoms. The minimum atomic E-state index is -0.331. The van der Waals surface area contributed by atoms with Crippen LogP contribution in [0.2, 0.25) is 0 Å². The minimum absolute atomic E-state index is 0.116. The first kappa shape index (κ1) is 27.1. The van der Waals surface area contributed by atoms with Gasteiger partial charge in [-0.2, -0.15) is 9.97 Å². The molecule has 0 bridgehead atoms. The van der Waals surface area contributed by atoms with Crippen molar-refractivity contribution in [3.8, 4) is 6.01 Å². The second-order valence-electron chi connectivity index (χ2n) is 9.55. The third-order valence-electron chi connectivity index (χ3n) is 6.66. The highest BCUT2D eigenvalue weighted by Gasteiger charge is 2.24. The minimum Gasteiger partial charge on any atom is -0.469 e. The molecule has 1 fully saturated rings. The van der Waals surface area contributed by atoms with E-state index in [0.29, 0.717) is 30.0 Å². The van der Waals surface area contributed by atoms with Crippen LogP contribution >= 0.6 is 0 Å². The van der Waals surface area contributed by atoms with Crippen molar-refractivity contribution in [2.45, 2.75) is 45.6 Å². The van der Waals surface area contributed by atoms with Crippen molar-refractivity contribution in [2.75, 3.05) is 44.4 Å². The molecule has 12 nitrogen and oxygen atoms in total. The maximum Gasteiger partial charge on any atom is 0.327 e. The van der Waals surface area contributed by atoms with Gasteiger partial charge in [0.25, 0.3) is 0 Å². The fourth-order valence-electron chi connectivity index (χ4n) is 4.56. The molecule has 2 aromatic heterocycles. The lowest BCUT2D eigenvalue weighted by atomic mass is 9.96. The monoisotopic (exact) mass is 525 g/mol.